The maximum absolute atomic E-state index is 14.2. The van der Waals surface area contributed by atoms with Gasteiger partial charge in [0, 0.05) is 23.2 Å². The van der Waals surface area contributed by atoms with Crippen molar-refractivity contribution in [3.05, 3.63) is 65.2 Å². The molecule has 2 aliphatic rings. The van der Waals surface area contributed by atoms with Crippen molar-refractivity contribution in [1.82, 2.24) is 14.9 Å². The van der Waals surface area contributed by atoms with Crippen molar-refractivity contribution in [3.63, 3.8) is 0 Å². The lowest BCUT2D eigenvalue weighted by Crippen LogP contribution is -2.55. The van der Waals surface area contributed by atoms with Crippen LogP contribution in [0, 0.1) is 25.7 Å². The van der Waals surface area contributed by atoms with E-state index in [2.05, 4.69) is 28.5 Å². The molecule has 10 heteroatoms. The van der Waals surface area contributed by atoms with E-state index in [0.29, 0.717) is 29.6 Å². The molecule has 0 unspecified atom stereocenters. The molecule has 2 aromatic carbocycles. The van der Waals surface area contributed by atoms with Gasteiger partial charge in [0.1, 0.15) is 6.61 Å². The van der Waals surface area contributed by atoms with Crippen LogP contribution in [-0.2, 0) is 10.0 Å². The van der Waals surface area contributed by atoms with Crippen molar-refractivity contribution in [2.75, 3.05) is 17.9 Å². The van der Waals surface area contributed by atoms with Crippen LogP contribution < -0.4 is 15.2 Å². The molecular weight excluding hydrogens is 550 g/mol. The highest BCUT2D eigenvalue weighted by molar-refractivity contribution is 7.92. The highest BCUT2D eigenvalue weighted by Gasteiger charge is 2.40. The van der Waals surface area contributed by atoms with E-state index >= 15 is 0 Å². The number of anilines is 1. The molecule has 3 N–H and O–H groups in total. The van der Waals surface area contributed by atoms with Gasteiger partial charge in [0.2, 0.25) is 11.8 Å². The van der Waals surface area contributed by atoms with E-state index in [4.69, 9.17) is 10.5 Å². The zero-order valence-corrected chi connectivity index (χ0v) is 25.7. The van der Waals surface area contributed by atoms with Gasteiger partial charge in [0.25, 0.3) is 15.9 Å². The average molecular weight is 592 g/mol. The molecule has 1 fully saturated rings. The van der Waals surface area contributed by atoms with Gasteiger partial charge in [0.15, 0.2) is 0 Å². The normalized spacial score (nSPS) is 21.8. The molecule has 1 atom stereocenters. The number of ether oxygens (including phenoxy) is 1. The molecule has 5 rings (SSSR count). The predicted molar refractivity (Wildman–Crippen MR) is 164 cm³/mol. The van der Waals surface area contributed by atoms with Crippen LogP contribution in [-0.4, -0.2) is 54.4 Å². The van der Waals surface area contributed by atoms with Gasteiger partial charge in [-0.1, -0.05) is 38.1 Å². The molecule has 4 bridgehead atoms. The van der Waals surface area contributed by atoms with Crippen molar-refractivity contribution in [2.24, 2.45) is 17.6 Å². The molecule has 0 saturated heterocycles. The van der Waals surface area contributed by atoms with Gasteiger partial charge in [-0.3, -0.25) is 4.79 Å². The van der Waals surface area contributed by atoms with Crippen LogP contribution in [0.3, 0.4) is 0 Å². The first-order valence-corrected chi connectivity index (χ1v) is 16.3. The van der Waals surface area contributed by atoms with E-state index in [1.165, 1.54) is 12.1 Å². The Hall–Kier alpha value is -3.50. The molecule has 0 spiro atoms. The fraction of sp³-hybridized carbons (Fsp3) is 0.469. The van der Waals surface area contributed by atoms with Gasteiger partial charge in [-0.15, -0.1) is 0 Å². The van der Waals surface area contributed by atoms with Crippen molar-refractivity contribution in [3.8, 4) is 17.1 Å². The number of amides is 1. The fourth-order valence-electron chi connectivity index (χ4n) is 6.20. The van der Waals surface area contributed by atoms with Crippen LogP contribution >= 0.6 is 0 Å². The smallest absolute Gasteiger partial charge is 0.264 e. The minimum atomic E-state index is -4.10. The molecule has 9 nitrogen and oxygen atoms in total. The van der Waals surface area contributed by atoms with Crippen LogP contribution in [0.5, 0.6) is 5.88 Å². The van der Waals surface area contributed by atoms with E-state index in [9.17, 15) is 13.2 Å². The number of sulfonamides is 1. The molecular formula is C32H41N5O4S. The number of hydrogen-bond acceptors (Lipinski definition) is 7. The Kier molecular flexibility index (Phi) is 8.84. The summed E-state index contributed by atoms with van der Waals surface area (Å²) in [4.78, 5) is 25.2. The third kappa shape index (κ3) is 6.44. The maximum Gasteiger partial charge on any atom is 0.264 e. The number of benzene rings is 2. The number of hydrogen-bond donors (Lipinski definition) is 2. The third-order valence-electron chi connectivity index (χ3n) is 8.27. The molecule has 224 valence electrons. The molecule has 1 aliphatic carbocycles. The number of aromatic nitrogens is 2. The number of rotatable bonds is 7. The SMILES string of the molecule is Cc1cccc(C)c1-c1cc2nc(n1)NS(=O)(=O)c1cccc(c1)C(=O)N(C1CC(CCCN)C1)[C@H](CC(C)C)CO2. The number of fused-ring (bicyclic) bond motifs is 4. The summed E-state index contributed by atoms with van der Waals surface area (Å²) in [6.07, 6.45) is 4.54. The zero-order valence-electron chi connectivity index (χ0n) is 24.8. The summed E-state index contributed by atoms with van der Waals surface area (Å²) < 4.78 is 35.9. The molecule has 2 heterocycles. The van der Waals surface area contributed by atoms with Gasteiger partial charge in [-0.2, -0.15) is 4.98 Å². The summed E-state index contributed by atoms with van der Waals surface area (Å²) in [5.74, 6) is 0.813. The lowest BCUT2D eigenvalue weighted by Gasteiger charge is -2.47. The summed E-state index contributed by atoms with van der Waals surface area (Å²) in [6, 6.07) is 13.7. The second kappa shape index (κ2) is 12.4. The minimum absolute atomic E-state index is 0.0223. The number of nitrogens with zero attached hydrogens (tertiary/aromatic N) is 3. The number of carbonyl (C=O) groups excluding carboxylic acids is 1. The summed E-state index contributed by atoms with van der Waals surface area (Å²) >= 11 is 0. The molecule has 1 aromatic heterocycles. The highest BCUT2D eigenvalue weighted by Crippen LogP contribution is 2.38. The first kappa shape index (κ1) is 30.0. The van der Waals surface area contributed by atoms with Crippen LogP contribution in [0.25, 0.3) is 11.3 Å². The van der Waals surface area contributed by atoms with Crippen molar-refractivity contribution >= 4 is 21.9 Å². The van der Waals surface area contributed by atoms with Gasteiger partial charge in [-0.05, 0) is 93.7 Å². The lowest BCUT2D eigenvalue weighted by atomic mass is 9.75. The van der Waals surface area contributed by atoms with E-state index in [1.807, 2.05) is 36.9 Å². The number of carbonyl (C=O) groups is 1. The first-order valence-electron chi connectivity index (χ1n) is 14.8. The topological polar surface area (TPSA) is 128 Å². The van der Waals surface area contributed by atoms with Crippen LogP contribution in [0.1, 0.15) is 67.4 Å². The Morgan fingerprint density at radius 1 is 1.07 bits per heavy atom. The Balaban J connectivity index is 1.61. The van der Waals surface area contributed by atoms with Gasteiger partial charge >= 0.3 is 0 Å². The first-order chi connectivity index (χ1) is 20.1. The second-order valence-electron chi connectivity index (χ2n) is 12.0. The van der Waals surface area contributed by atoms with E-state index in [-0.39, 0.29) is 41.3 Å². The minimum Gasteiger partial charge on any atom is -0.475 e. The summed E-state index contributed by atoms with van der Waals surface area (Å²) in [5.41, 5.74) is 9.54. The highest BCUT2D eigenvalue weighted by atomic mass is 32.2. The van der Waals surface area contributed by atoms with Gasteiger partial charge in [-0.25, -0.2) is 18.1 Å². The van der Waals surface area contributed by atoms with Crippen molar-refractivity contribution < 1.29 is 17.9 Å². The van der Waals surface area contributed by atoms with E-state index < -0.39 is 10.0 Å². The standard InChI is InChI=1S/C32H41N5O4S/c1-20(2)14-26-19-41-29-18-28(30-21(3)8-5-9-22(30)4)34-32(35-29)36-42(39,40)27-12-6-11-24(17-27)31(38)37(26)25-15-23(16-25)10-7-13-33/h5-6,8-9,11-12,17-18,20,23,25-26H,7,10,13-16,19,33H2,1-4H3,(H,34,35,36)/t23?,25?,26-/m1/s1. The molecule has 1 saturated carbocycles. The van der Waals surface area contributed by atoms with Crippen LogP contribution in [0.4, 0.5) is 5.95 Å². The second-order valence-corrected chi connectivity index (χ2v) is 13.7. The number of nitrogens with two attached hydrogens (primary N) is 1. The lowest BCUT2D eigenvalue weighted by molar-refractivity contribution is 0.0131. The van der Waals surface area contributed by atoms with E-state index in [1.54, 1.807) is 18.2 Å². The predicted octanol–water partition coefficient (Wildman–Crippen LogP) is 5.33. The van der Waals surface area contributed by atoms with Gasteiger partial charge in [0.05, 0.1) is 16.6 Å². The summed E-state index contributed by atoms with van der Waals surface area (Å²) in [5, 5.41) is 0. The largest absolute Gasteiger partial charge is 0.475 e. The van der Waals surface area contributed by atoms with Crippen LogP contribution in [0.2, 0.25) is 0 Å². The Morgan fingerprint density at radius 3 is 2.48 bits per heavy atom. The fourth-order valence-corrected chi connectivity index (χ4v) is 7.19. The summed E-state index contributed by atoms with van der Waals surface area (Å²) in [6.45, 7) is 9.13. The molecule has 0 radical (unpaired) electrons. The number of nitrogens with one attached hydrogen (secondary N) is 1. The third-order valence-corrected chi connectivity index (χ3v) is 9.60. The Morgan fingerprint density at radius 2 is 1.79 bits per heavy atom. The quantitative estimate of drug-likeness (QED) is 0.380. The van der Waals surface area contributed by atoms with Gasteiger partial charge < -0.3 is 15.4 Å². The molecule has 1 aliphatic heterocycles. The van der Waals surface area contributed by atoms with E-state index in [0.717, 1.165) is 48.8 Å². The summed E-state index contributed by atoms with van der Waals surface area (Å²) in [7, 11) is -4.10. The molecule has 3 aromatic rings. The molecule has 1 amide bonds. The maximum atomic E-state index is 14.2. The Bertz CT molecular complexity index is 1530. The zero-order chi connectivity index (χ0) is 30.0. The average Bonchev–Trinajstić information content (AvgIpc) is 2.91. The van der Waals surface area contributed by atoms with Crippen LogP contribution in [0.15, 0.2) is 53.4 Å². The van der Waals surface area contributed by atoms with Crippen molar-refractivity contribution in [2.45, 2.75) is 76.8 Å². The van der Waals surface area contributed by atoms with Crippen molar-refractivity contribution in [1.29, 1.82) is 0 Å². The number of aryl methyl sites for hydroxylation is 2. The Labute approximate surface area is 248 Å². The molecule has 42 heavy (non-hydrogen) atoms. The monoisotopic (exact) mass is 591 g/mol.